The highest BCUT2D eigenvalue weighted by Gasteiger charge is 1.96. The average Bonchev–Trinajstić information content (AvgIpc) is 1.30. The van der Waals surface area contributed by atoms with Crippen molar-refractivity contribution in [1.29, 1.82) is 0 Å². The minimum Gasteiger partial charge on any atom is -0.217 e. The summed E-state index contributed by atoms with van der Waals surface area (Å²) in [5.41, 5.74) is 0. The van der Waals surface area contributed by atoms with Crippen LogP contribution < -0.4 is 0 Å². The van der Waals surface area contributed by atoms with E-state index in [2.05, 4.69) is 21.4 Å². The van der Waals surface area contributed by atoms with Crippen LogP contribution in [-0.2, 0) is 8.27 Å². The molecule has 0 aromatic rings. The van der Waals surface area contributed by atoms with Gasteiger partial charge in [0.1, 0.15) is 0 Å². The molecule has 0 amide bonds. The van der Waals surface area contributed by atoms with Crippen molar-refractivity contribution in [2.75, 3.05) is 5.75 Å². The molecule has 0 aromatic heterocycles. The third kappa shape index (κ3) is 6.17. The number of halogens is 1. The van der Waals surface area contributed by atoms with E-state index in [1.165, 1.54) is 6.08 Å². The molecule has 0 aromatic carbocycles. The second-order valence-corrected chi connectivity index (χ2v) is 5.36. The Bertz CT molecular complexity index is 146. The van der Waals surface area contributed by atoms with Crippen LogP contribution in [0.15, 0.2) is 12.7 Å². The van der Waals surface area contributed by atoms with Crippen LogP contribution in [0.5, 0.6) is 0 Å². The largest absolute Gasteiger partial charge is 0.217 e. The van der Waals surface area contributed by atoms with Crippen LogP contribution in [0, 0.1) is 0 Å². The van der Waals surface area contributed by atoms with Gasteiger partial charge in [0.05, 0.1) is 20.6 Å². The van der Waals surface area contributed by atoms with Gasteiger partial charge in [-0.25, -0.2) is 8.42 Å². The number of rotatable bonds is 2. The van der Waals surface area contributed by atoms with Crippen LogP contribution in [0.4, 0.5) is 0 Å². The first-order valence-electron chi connectivity index (χ1n) is 1.59. The smallest absolute Gasteiger partial charge is 0.212 e. The molecule has 0 aliphatic carbocycles. The molecule has 0 aliphatic rings. The summed E-state index contributed by atoms with van der Waals surface area (Å²) in [6, 6.07) is 0. The molecule has 0 bridgehead atoms. The Kier molecular flexibility index (Phi) is 2.53. The van der Waals surface area contributed by atoms with Gasteiger partial charge in [-0.3, -0.25) is 0 Å². The predicted octanol–water partition coefficient (Wildman–Crippen LogP) is 0.897. The van der Waals surface area contributed by atoms with E-state index in [0.29, 0.717) is 0 Å². The molecule has 4 heteroatoms. The van der Waals surface area contributed by atoms with Gasteiger partial charge in [-0.1, -0.05) is 6.08 Å². The molecule has 0 atom stereocenters. The Morgan fingerprint density at radius 1 is 1.71 bits per heavy atom. The zero-order valence-corrected chi connectivity index (χ0v) is 6.00. The summed E-state index contributed by atoms with van der Waals surface area (Å²) in [5, 5.41) is 0. The standard InChI is InChI=1S/C3H5BrO2S/c1-2-3-7(4,5)6/h2H,1,3H2. The topological polar surface area (TPSA) is 34.1 Å². The van der Waals surface area contributed by atoms with Crippen LogP contribution in [0.2, 0.25) is 0 Å². The predicted molar refractivity (Wildman–Crippen MR) is 32.9 cm³/mol. The lowest BCUT2D eigenvalue weighted by Crippen LogP contribution is -1.89. The fourth-order valence-electron chi connectivity index (χ4n) is 0.141. The van der Waals surface area contributed by atoms with Crippen molar-refractivity contribution in [3.8, 4) is 0 Å². The molecule has 7 heavy (non-hydrogen) atoms. The van der Waals surface area contributed by atoms with E-state index in [4.69, 9.17) is 0 Å². The molecule has 0 heterocycles. The zero-order valence-electron chi connectivity index (χ0n) is 3.59. The zero-order chi connectivity index (χ0) is 5.91. The molecule has 0 unspecified atom stereocenters. The van der Waals surface area contributed by atoms with Gasteiger partial charge in [-0.05, 0) is 0 Å². The fraction of sp³-hybridized carbons (Fsp3) is 0.333. The number of hydrogen-bond donors (Lipinski definition) is 0. The van der Waals surface area contributed by atoms with Crippen molar-refractivity contribution in [3.05, 3.63) is 12.7 Å². The lowest BCUT2D eigenvalue weighted by molar-refractivity contribution is 0.614. The lowest BCUT2D eigenvalue weighted by Gasteiger charge is -1.80. The SMILES string of the molecule is C=CCS(=O)(=O)Br. The summed E-state index contributed by atoms with van der Waals surface area (Å²) in [6.45, 7) is 3.24. The fourth-order valence-corrected chi connectivity index (χ4v) is 0.983. The van der Waals surface area contributed by atoms with E-state index in [1.807, 2.05) is 0 Å². The van der Waals surface area contributed by atoms with Crippen molar-refractivity contribution in [1.82, 2.24) is 0 Å². The molecule has 0 saturated heterocycles. The molecule has 0 spiro atoms. The van der Waals surface area contributed by atoms with E-state index in [1.54, 1.807) is 0 Å². The third-order valence-electron chi connectivity index (χ3n) is 0.317. The summed E-state index contributed by atoms with van der Waals surface area (Å²) in [6.07, 6.45) is 1.32. The van der Waals surface area contributed by atoms with E-state index in [9.17, 15) is 8.42 Å². The minimum absolute atomic E-state index is 0.00694. The third-order valence-corrected chi connectivity index (χ3v) is 1.74. The quantitative estimate of drug-likeness (QED) is 0.473. The van der Waals surface area contributed by atoms with Gasteiger partial charge in [0.15, 0.2) is 0 Å². The second kappa shape index (κ2) is 2.47. The summed E-state index contributed by atoms with van der Waals surface area (Å²) < 4.78 is 20.2. The van der Waals surface area contributed by atoms with Crippen molar-refractivity contribution in [2.24, 2.45) is 0 Å². The van der Waals surface area contributed by atoms with Gasteiger partial charge < -0.3 is 0 Å². The van der Waals surface area contributed by atoms with Crippen LogP contribution in [0.25, 0.3) is 0 Å². The Labute approximate surface area is 50.3 Å². The highest BCUT2D eigenvalue weighted by molar-refractivity contribution is 9.47. The molecule has 0 saturated carbocycles. The van der Waals surface area contributed by atoms with Gasteiger partial charge >= 0.3 is 0 Å². The lowest BCUT2D eigenvalue weighted by atomic mass is 10.8. The van der Waals surface area contributed by atoms with Crippen LogP contribution in [0.3, 0.4) is 0 Å². The highest BCUT2D eigenvalue weighted by Crippen LogP contribution is 1.98. The van der Waals surface area contributed by atoms with Gasteiger partial charge in [0.25, 0.3) is 0 Å². The van der Waals surface area contributed by atoms with Crippen LogP contribution >= 0.6 is 14.8 Å². The Balaban J connectivity index is 3.84. The summed E-state index contributed by atoms with van der Waals surface area (Å²) >= 11 is 2.44. The van der Waals surface area contributed by atoms with E-state index in [-0.39, 0.29) is 5.75 Å². The molecule has 0 rings (SSSR count). The summed E-state index contributed by atoms with van der Waals surface area (Å²) in [4.78, 5) is 0. The first-order chi connectivity index (χ1) is 3.06. The van der Waals surface area contributed by atoms with Crippen molar-refractivity contribution >= 4 is 23.1 Å². The highest BCUT2D eigenvalue weighted by atomic mass is 79.9. The maximum absolute atomic E-state index is 10.1. The first kappa shape index (κ1) is 7.17. The van der Waals surface area contributed by atoms with Gasteiger partial charge in [0, 0.05) is 0 Å². The summed E-state index contributed by atoms with van der Waals surface area (Å²) in [5.74, 6) is -0.00694. The molecule has 0 N–H and O–H groups in total. The van der Waals surface area contributed by atoms with Crippen molar-refractivity contribution in [2.45, 2.75) is 0 Å². The minimum atomic E-state index is -2.98. The van der Waals surface area contributed by atoms with Crippen molar-refractivity contribution in [3.63, 3.8) is 0 Å². The van der Waals surface area contributed by atoms with E-state index < -0.39 is 8.27 Å². The molecular formula is C3H5BrO2S. The van der Waals surface area contributed by atoms with Gasteiger partial charge in [0.2, 0.25) is 8.27 Å². The molecule has 0 aliphatic heterocycles. The maximum atomic E-state index is 10.1. The normalized spacial score (nSPS) is 11.0. The molecule has 42 valence electrons. The Hall–Kier alpha value is 0.170. The Morgan fingerprint density at radius 2 is 2.14 bits per heavy atom. The van der Waals surface area contributed by atoms with Gasteiger partial charge in [-0.15, -0.1) is 6.58 Å². The maximum Gasteiger partial charge on any atom is 0.212 e. The molecular weight excluding hydrogens is 180 g/mol. The van der Waals surface area contributed by atoms with Gasteiger partial charge in [-0.2, -0.15) is 0 Å². The second-order valence-electron chi connectivity index (χ2n) is 0.994. The molecule has 0 radical (unpaired) electrons. The van der Waals surface area contributed by atoms with Crippen LogP contribution in [0.1, 0.15) is 0 Å². The summed E-state index contributed by atoms with van der Waals surface area (Å²) in [7, 11) is -2.98. The van der Waals surface area contributed by atoms with E-state index in [0.717, 1.165) is 0 Å². The average molecular weight is 185 g/mol. The monoisotopic (exact) mass is 184 g/mol. The molecule has 2 nitrogen and oxygen atoms in total. The van der Waals surface area contributed by atoms with Crippen molar-refractivity contribution < 1.29 is 8.42 Å². The molecule has 0 fully saturated rings. The van der Waals surface area contributed by atoms with Crippen LogP contribution in [-0.4, -0.2) is 14.2 Å². The number of hydrogen-bond acceptors (Lipinski definition) is 2. The van der Waals surface area contributed by atoms with E-state index >= 15 is 0 Å². The Morgan fingerprint density at radius 3 is 2.14 bits per heavy atom. The first-order valence-corrected chi connectivity index (χ1v) is 5.09.